The number of esters is 1. The molecule has 1 amide bonds. The van der Waals surface area contributed by atoms with Gasteiger partial charge in [0.15, 0.2) is 0 Å². The van der Waals surface area contributed by atoms with Gasteiger partial charge in [-0.3, -0.25) is 9.59 Å². The SMILES string of the molecule is CCCCCCCCC/C=C\CCCCCCCC(=O)OCCCCCCCCCCCCCC/C=C\CCCCCCCCCC(=O)NC(CO)C(O)CCCCCCCCCCCCCCCCCCCCCCCCCCC. The average Bonchev–Trinajstić information content (AvgIpc) is 3.47. The van der Waals surface area contributed by atoms with Crippen LogP contribution in [0.5, 0.6) is 0 Å². The van der Waals surface area contributed by atoms with Crippen LogP contribution in [0.1, 0.15) is 418 Å². The summed E-state index contributed by atoms with van der Waals surface area (Å²) in [6, 6.07) is -0.548. The van der Waals surface area contributed by atoms with Crippen molar-refractivity contribution in [2.75, 3.05) is 13.2 Å². The number of rotatable bonds is 70. The fourth-order valence-corrected chi connectivity index (χ4v) is 11.8. The van der Waals surface area contributed by atoms with Crippen LogP contribution in [0.2, 0.25) is 0 Å². The van der Waals surface area contributed by atoms with Crippen LogP contribution in [-0.4, -0.2) is 47.4 Å². The van der Waals surface area contributed by atoms with Crippen LogP contribution in [-0.2, 0) is 14.3 Å². The second-order valence-corrected chi connectivity index (χ2v) is 25.6. The van der Waals surface area contributed by atoms with Gasteiger partial charge in [0.1, 0.15) is 0 Å². The molecule has 0 aromatic heterocycles. The number of aliphatic hydroxyl groups excluding tert-OH is 2. The molecule has 0 rings (SSSR count). The first kappa shape index (κ1) is 79.3. The molecule has 0 bridgehead atoms. The zero-order valence-electron chi connectivity index (χ0n) is 55.0. The highest BCUT2D eigenvalue weighted by atomic mass is 16.5. The summed E-state index contributed by atoms with van der Waals surface area (Å²) in [7, 11) is 0. The van der Waals surface area contributed by atoms with Crippen molar-refractivity contribution in [1.82, 2.24) is 5.32 Å². The second kappa shape index (κ2) is 70.8. The van der Waals surface area contributed by atoms with Crippen LogP contribution in [0, 0.1) is 0 Å². The van der Waals surface area contributed by atoms with Crippen molar-refractivity contribution in [3.8, 4) is 0 Å². The summed E-state index contributed by atoms with van der Waals surface area (Å²) in [6.45, 7) is 4.99. The quantitative estimate of drug-likeness (QED) is 0.0320. The van der Waals surface area contributed by atoms with E-state index in [-0.39, 0.29) is 18.5 Å². The Morgan fingerprint density at radius 2 is 0.580 bits per heavy atom. The van der Waals surface area contributed by atoms with Crippen LogP contribution in [0.15, 0.2) is 24.3 Å². The second-order valence-electron chi connectivity index (χ2n) is 25.6. The summed E-state index contributed by atoms with van der Waals surface area (Å²) in [5.41, 5.74) is 0. The smallest absolute Gasteiger partial charge is 0.305 e. The number of carbonyl (C=O) groups is 2. The topological polar surface area (TPSA) is 95.9 Å². The van der Waals surface area contributed by atoms with E-state index in [1.807, 2.05) is 0 Å². The molecular weight excluding hydrogens is 995 g/mol. The average molecular weight is 1140 g/mol. The van der Waals surface area contributed by atoms with Crippen LogP contribution in [0.4, 0.5) is 0 Å². The molecule has 81 heavy (non-hydrogen) atoms. The summed E-state index contributed by atoms with van der Waals surface area (Å²) in [5.74, 6) is -0.0310. The molecule has 0 fully saturated rings. The van der Waals surface area contributed by atoms with Gasteiger partial charge in [-0.05, 0) is 77.0 Å². The molecule has 0 aliphatic rings. The number of hydrogen-bond acceptors (Lipinski definition) is 5. The molecule has 6 heteroatoms. The molecule has 6 nitrogen and oxygen atoms in total. The Kier molecular flexibility index (Phi) is 69.4. The number of carbonyl (C=O) groups excluding carboxylic acids is 2. The van der Waals surface area contributed by atoms with E-state index in [9.17, 15) is 19.8 Å². The first-order chi connectivity index (χ1) is 40.0. The van der Waals surface area contributed by atoms with Gasteiger partial charge >= 0.3 is 5.97 Å². The summed E-state index contributed by atoms with van der Waals surface area (Å²) in [6.07, 6.45) is 89.5. The molecule has 480 valence electrons. The number of ether oxygens (including phenoxy) is 1. The first-order valence-corrected chi connectivity index (χ1v) is 37.1. The molecule has 0 aromatic carbocycles. The third-order valence-electron chi connectivity index (χ3n) is 17.5. The van der Waals surface area contributed by atoms with E-state index >= 15 is 0 Å². The Bertz CT molecular complexity index is 1270. The highest BCUT2D eigenvalue weighted by molar-refractivity contribution is 5.76. The number of unbranched alkanes of at least 4 members (excludes halogenated alkanes) is 55. The van der Waals surface area contributed by atoms with Crippen LogP contribution in [0.3, 0.4) is 0 Å². The fourth-order valence-electron chi connectivity index (χ4n) is 11.8. The number of aliphatic hydroxyl groups is 2. The van der Waals surface area contributed by atoms with Gasteiger partial charge < -0.3 is 20.3 Å². The standard InChI is InChI=1S/C75H145NO5/c1-3-5-7-9-11-13-15-17-19-21-22-23-24-25-27-30-33-36-39-43-47-51-55-59-63-67-73(78)72(71-77)76-74(79)68-64-60-56-52-48-44-40-37-34-31-28-26-29-32-35-38-42-46-50-54-58-62-66-70-81-75(80)69-65-61-57-53-49-45-41-20-18-16-14-12-10-8-6-4-2/h20,31,34,41,72-73,77-78H,3-19,21-30,32-33,35-40,42-71H2,1-2H3,(H,76,79)/b34-31-,41-20-. The summed E-state index contributed by atoms with van der Waals surface area (Å²) < 4.78 is 5.49. The summed E-state index contributed by atoms with van der Waals surface area (Å²) in [5, 5.41) is 23.5. The van der Waals surface area contributed by atoms with Gasteiger partial charge in [0.2, 0.25) is 5.91 Å². The molecule has 0 aliphatic heterocycles. The maximum Gasteiger partial charge on any atom is 0.305 e. The predicted molar refractivity (Wildman–Crippen MR) is 356 cm³/mol. The molecule has 0 aliphatic carbocycles. The van der Waals surface area contributed by atoms with Gasteiger partial charge in [-0.15, -0.1) is 0 Å². The highest BCUT2D eigenvalue weighted by Crippen LogP contribution is 2.19. The Labute approximate surface area is 507 Å². The van der Waals surface area contributed by atoms with E-state index in [1.165, 1.54) is 340 Å². The molecule has 2 atom stereocenters. The maximum atomic E-state index is 12.6. The first-order valence-electron chi connectivity index (χ1n) is 37.1. The van der Waals surface area contributed by atoms with Gasteiger partial charge in [0.05, 0.1) is 25.4 Å². The third kappa shape index (κ3) is 67.3. The van der Waals surface area contributed by atoms with Crippen molar-refractivity contribution in [2.24, 2.45) is 0 Å². The van der Waals surface area contributed by atoms with Crippen molar-refractivity contribution in [3.05, 3.63) is 24.3 Å². The molecule has 3 N–H and O–H groups in total. The fraction of sp³-hybridized carbons (Fsp3) is 0.920. The normalized spacial score (nSPS) is 12.6. The minimum atomic E-state index is -0.670. The maximum absolute atomic E-state index is 12.6. The summed E-state index contributed by atoms with van der Waals surface area (Å²) >= 11 is 0. The third-order valence-corrected chi connectivity index (χ3v) is 17.5. The largest absolute Gasteiger partial charge is 0.466 e. The summed E-state index contributed by atoms with van der Waals surface area (Å²) in [4.78, 5) is 24.7. The molecule has 0 spiro atoms. The lowest BCUT2D eigenvalue weighted by molar-refractivity contribution is -0.143. The van der Waals surface area contributed by atoms with Crippen LogP contribution >= 0.6 is 0 Å². The molecule has 0 heterocycles. The lowest BCUT2D eigenvalue weighted by Gasteiger charge is -2.22. The zero-order chi connectivity index (χ0) is 58.5. The monoisotopic (exact) mass is 1140 g/mol. The number of amides is 1. The van der Waals surface area contributed by atoms with Gasteiger partial charge in [0.25, 0.3) is 0 Å². The Morgan fingerprint density at radius 3 is 0.877 bits per heavy atom. The highest BCUT2D eigenvalue weighted by Gasteiger charge is 2.20. The molecule has 2 unspecified atom stereocenters. The Morgan fingerprint density at radius 1 is 0.333 bits per heavy atom. The number of allylic oxidation sites excluding steroid dienone is 4. The van der Waals surface area contributed by atoms with E-state index in [2.05, 4.69) is 43.5 Å². The van der Waals surface area contributed by atoms with Crippen LogP contribution in [0.25, 0.3) is 0 Å². The zero-order valence-corrected chi connectivity index (χ0v) is 55.0. The van der Waals surface area contributed by atoms with Crippen molar-refractivity contribution in [3.63, 3.8) is 0 Å². The van der Waals surface area contributed by atoms with Crippen molar-refractivity contribution < 1.29 is 24.5 Å². The van der Waals surface area contributed by atoms with Gasteiger partial charge in [-0.25, -0.2) is 0 Å². The predicted octanol–water partition coefficient (Wildman–Crippen LogP) is 24.1. The van der Waals surface area contributed by atoms with E-state index in [4.69, 9.17) is 4.74 Å². The van der Waals surface area contributed by atoms with E-state index < -0.39 is 12.1 Å². The number of hydrogen-bond donors (Lipinski definition) is 3. The van der Waals surface area contributed by atoms with Crippen molar-refractivity contribution in [2.45, 2.75) is 431 Å². The van der Waals surface area contributed by atoms with E-state index in [0.29, 0.717) is 25.9 Å². The van der Waals surface area contributed by atoms with Gasteiger partial charge in [0, 0.05) is 12.8 Å². The number of nitrogens with one attached hydrogen (secondary N) is 1. The molecule has 0 saturated heterocycles. The minimum absolute atomic E-state index is 0.00526. The van der Waals surface area contributed by atoms with E-state index in [1.54, 1.807) is 0 Å². The van der Waals surface area contributed by atoms with Crippen molar-refractivity contribution >= 4 is 11.9 Å². The van der Waals surface area contributed by atoms with Crippen molar-refractivity contribution in [1.29, 1.82) is 0 Å². The van der Waals surface area contributed by atoms with Gasteiger partial charge in [-0.2, -0.15) is 0 Å². The minimum Gasteiger partial charge on any atom is -0.466 e. The van der Waals surface area contributed by atoms with E-state index in [0.717, 1.165) is 44.9 Å². The van der Waals surface area contributed by atoms with Gasteiger partial charge in [-0.1, -0.05) is 353 Å². The lowest BCUT2D eigenvalue weighted by atomic mass is 10.0. The molecule has 0 aromatic rings. The lowest BCUT2D eigenvalue weighted by Crippen LogP contribution is -2.45. The molecule has 0 radical (unpaired) electrons. The molecular formula is C75H145NO5. The molecule has 0 saturated carbocycles. The Hall–Kier alpha value is -1.66. The Balaban J connectivity index is 3.40. The van der Waals surface area contributed by atoms with Crippen LogP contribution < -0.4 is 5.32 Å².